The molecule has 0 aliphatic rings. The SMILES string of the molecule is CC(C)(C)OC(=O)NCC(=O)O.CC(C)(C)OC(=O)NCc1nc2ccccc2c(=O)[nH]1.NC(=O)c1ccccc1N.O=CCCc1nc2ccccc2c(=O)[nH]1.O=c1[nH]c2cncn2c2ccccc12. The van der Waals surface area contributed by atoms with Gasteiger partial charge in [-0.05, 0) is 90.1 Å². The number of aryl methyl sites for hydroxylation is 1. The molecule has 3 amide bonds. The number of nitrogen functional groups attached to an aromatic ring is 1. The molecule has 71 heavy (non-hydrogen) atoms. The highest BCUT2D eigenvalue weighted by Gasteiger charge is 2.17. The van der Waals surface area contributed by atoms with Crippen molar-refractivity contribution >= 4 is 74.4 Å². The molecule has 0 fully saturated rings. The number of carbonyl (C=O) groups excluding carboxylic acids is 4. The number of fused-ring (bicyclic) bond motifs is 5. The third-order valence-electron chi connectivity index (χ3n) is 8.92. The number of H-pyrrole nitrogens is 3. The fraction of sp³-hybridized carbons (Fsp3) is 0.245. The van der Waals surface area contributed by atoms with E-state index in [1.165, 1.54) is 0 Å². The summed E-state index contributed by atoms with van der Waals surface area (Å²) in [6.07, 6.45) is 3.72. The number of aromatic amines is 3. The van der Waals surface area contributed by atoms with E-state index in [4.69, 9.17) is 26.0 Å². The summed E-state index contributed by atoms with van der Waals surface area (Å²) in [5.41, 5.74) is 12.5. The summed E-state index contributed by atoms with van der Waals surface area (Å²) in [7, 11) is 0. The number of hydrogen-bond acceptors (Lipinski definition) is 14. The Hall–Kier alpha value is -9.21. The Morgan fingerprint density at radius 3 is 1.72 bits per heavy atom. The minimum absolute atomic E-state index is 0.0754. The van der Waals surface area contributed by atoms with Crippen LogP contribution in [0.1, 0.15) is 70.0 Å². The molecule has 0 saturated carbocycles. The molecular formula is C49H55N11O11. The van der Waals surface area contributed by atoms with Crippen LogP contribution in [0, 0.1) is 0 Å². The lowest BCUT2D eigenvalue weighted by Gasteiger charge is -2.19. The van der Waals surface area contributed by atoms with Crippen LogP contribution in [-0.4, -0.2) is 87.5 Å². The third kappa shape index (κ3) is 17.8. The molecule has 0 aliphatic carbocycles. The Morgan fingerprint density at radius 2 is 1.18 bits per heavy atom. The van der Waals surface area contributed by atoms with Gasteiger partial charge in [0.25, 0.3) is 22.6 Å². The van der Waals surface area contributed by atoms with E-state index in [1.807, 2.05) is 28.7 Å². The van der Waals surface area contributed by atoms with E-state index in [2.05, 4.69) is 40.5 Å². The molecule has 0 spiro atoms. The number of primary amides is 1. The molecule has 8 rings (SSSR count). The van der Waals surface area contributed by atoms with E-state index < -0.39 is 41.8 Å². The maximum Gasteiger partial charge on any atom is 0.408 e. The second-order valence-electron chi connectivity index (χ2n) is 16.9. The zero-order chi connectivity index (χ0) is 52.3. The van der Waals surface area contributed by atoms with Crippen LogP contribution in [0.2, 0.25) is 0 Å². The molecule has 22 nitrogen and oxygen atoms in total. The average Bonchev–Trinajstić information content (AvgIpc) is 3.78. The van der Waals surface area contributed by atoms with Crippen molar-refractivity contribution in [3.63, 3.8) is 0 Å². The molecular weight excluding hydrogens is 919 g/mol. The lowest BCUT2D eigenvalue weighted by molar-refractivity contribution is -0.136. The molecule has 0 unspecified atom stereocenters. The van der Waals surface area contributed by atoms with Gasteiger partial charge in [-0.2, -0.15) is 0 Å². The van der Waals surface area contributed by atoms with E-state index in [1.54, 1.807) is 127 Å². The number of carboxylic acids is 1. The average molecular weight is 974 g/mol. The highest BCUT2D eigenvalue weighted by Crippen LogP contribution is 2.12. The topological polar surface area (TPSA) is 342 Å². The number of aliphatic carboxylic acids is 1. The lowest BCUT2D eigenvalue weighted by atomic mass is 10.2. The number of benzene rings is 4. The Labute approximate surface area is 404 Å². The normalized spacial score (nSPS) is 10.7. The van der Waals surface area contributed by atoms with Crippen molar-refractivity contribution in [2.45, 2.75) is 72.1 Å². The molecule has 0 atom stereocenters. The van der Waals surface area contributed by atoms with Crippen molar-refractivity contribution in [3.05, 3.63) is 158 Å². The number of amides is 3. The highest BCUT2D eigenvalue weighted by molar-refractivity contribution is 5.97. The molecule has 22 heteroatoms. The number of imidazole rings is 1. The maximum atomic E-state index is 11.8. The predicted octanol–water partition coefficient (Wildman–Crippen LogP) is 5.14. The van der Waals surface area contributed by atoms with Gasteiger partial charge in [0.2, 0.25) is 0 Å². The number of aromatic nitrogens is 7. The molecule has 372 valence electrons. The first-order chi connectivity index (χ1) is 33.5. The van der Waals surface area contributed by atoms with Crippen LogP contribution in [0.4, 0.5) is 15.3 Å². The number of ether oxygens (including phenoxy) is 2. The van der Waals surface area contributed by atoms with Crippen LogP contribution in [0.3, 0.4) is 0 Å². The molecule has 0 radical (unpaired) electrons. The summed E-state index contributed by atoms with van der Waals surface area (Å²) in [5, 5.41) is 14.6. The van der Waals surface area contributed by atoms with Gasteiger partial charge in [0.1, 0.15) is 47.7 Å². The zero-order valence-corrected chi connectivity index (χ0v) is 39.8. The quantitative estimate of drug-likeness (QED) is 0.0722. The van der Waals surface area contributed by atoms with Gasteiger partial charge in [-0.15, -0.1) is 0 Å². The molecule has 4 heterocycles. The van der Waals surface area contributed by atoms with E-state index in [9.17, 15) is 38.4 Å². The van der Waals surface area contributed by atoms with Crippen molar-refractivity contribution in [3.8, 4) is 0 Å². The first-order valence-electron chi connectivity index (χ1n) is 21.7. The first kappa shape index (κ1) is 54.4. The smallest absolute Gasteiger partial charge is 0.408 e. The summed E-state index contributed by atoms with van der Waals surface area (Å²) in [5.74, 6) is -0.635. The van der Waals surface area contributed by atoms with E-state index in [0.717, 1.165) is 11.8 Å². The number of alkyl carbamates (subject to hydrolysis) is 2. The Balaban J connectivity index is 0.000000197. The van der Waals surface area contributed by atoms with Crippen molar-refractivity contribution in [1.82, 2.24) is 44.9 Å². The number of nitrogens with two attached hydrogens (primary N) is 2. The first-order valence-corrected chi connectivity index (χ1v) is 21.7. The molecule has 10 N–H and O–H groups in total. The van der Waals surface area contributed by atoms with Gasteiger partial charge in [-0.1, -0.05) is 48.5 Å². The number of nitrogens with zero attached hydrogens (tertiary/aromatic N) is 4. The Bertz CT molecular complexity index is 3310. The molecule has 4 aromatic heterocycles. The van der Waals surface area contributed by atoms with E-state index in [0.29, 0.717) is 68.6 Å². The Kier molecular flexibility index (Phi) is 19.3. The van der Waals surface area contributed by atoms with Crippen LogP contribution < -0.4 is 38.8 Å². The highest BCUT2D eigenvalue weighted by atomic mass is 16.6. The van der Waals surface area contributed by atoms with Crippen LogP contribution in [0.15, 0.2) is 124 Å². The Morgan fingerprint density at radius 1 is 0.690 bits per heavy atom. The van der Waals surface area contributed by atoms with Crippen molar-refractivity contribution < 1.29 is 38.6 Å². The maximum absolute atomic E-state index is 11.8. The molecule has 0 saturated heterocycles. The number of rotatable bonds is 8. The van der Waals surface area contributed by atoms with Gasteiger partial charge in [-0.25, -0.2) is 24.5 Å². The van der Waals surface area contributed by atoms with Crippen molar-refractivity contribution in [2.24, 2.45) is 5.73 Å². The fourth-order valence-corrected chi connectivity index (χ4v) is 5.96. The number of anilines is 1. The van der Waals surface area contributed by atoms with Gasteiger partial charge in [-0.3, -0.25) is 28.4 Å². The van der Waals surface area contributed by atoms with Gasteiger partial charge < -0.3 is 56.4 Å². The monoisotopic (exact) mass is 973 g/mol. The number of para-hydroxylation sites is 4. The predicted molar refractivity (Wildman–Crippen MR) is 267 cm³/mol. The summed E-state index contributed by atoms with van der Waals surface area (Å²) in [6.45, 7) is 10.1. The third-order valence-corrected chi connectivity index (χ3v) is 8.92. The van der Waals surface area contributed by atoms with E-state index in [-0.39, 0.29) is 23.2 Å². The molecule has 4 aromatic carbocycles. The standard InChI is InChI=1S/C14H17N3O3.C11H10N2O2.C10H7N3O.C7H8N2O.C7H13NO4/c1-14(2,3)20-13(19)15-8-11-16-10-7-5-4-6-9(10)12(18)17-11;14-7-3-6-10-12-9-5-2-1-4-8(9)11(15)13-10;14-10-7-3-1-2-4-8(7)13-6-11-5-9(13)12-10;8-6-4-2-1-3-5(6)7(9)10;1-7(2,3)12-6(11)8-4-5(9)10/h4-7H,8H2,1-3H3,(H,15,19)(H,16,17,18);1-2,4-5,7H,3,6H2,(H,12,13,15);1-6H,(H,12,14);1-4H,8H2,(H2,9,10);4H2,1-3H3,(H,8,11)(H,9,10). The fourth-order valence-electron chi connectivity index (χ4n) is 5.96. The number of carboxylic acid groups (broad SMARTS) is 1. The minimum atomic E-state index is -1.10. The van der Waals surface area contributed by atoms with Crippen LogP contribution in [0.25, 0.3) is 38.4 Å². The number of nitrogens with one attached hydrogen (secondary N) is 5. The van der Waals surface area contributed by atoms with Gasteiger partial charge >= 0.3 is 18.2 Å². The van der Waals surface area contributed by atoms with Gasteiger partial charge in [0.15, 0.2) is 0 Å². The zero-order valence-electron chi connectivity index (χ0n) is 39.8. The van der Waals surface area contributed by atoms with Crippen LogP contribution in [-0.2, 0) is 32.0 Å². The number of aldehydes is 1. The number of hydrogen-bond donors (Lipinski definition) is 8. The summed E-state index contributed by atoms with van der Waals surface area (Å²) < 4.78 is 11.7. The lowest BCUT2D eigenvalue weighted by Crippen LogP contribution is -2.35. The van der Waals surface area contributed by atoms with Crippen molar-refractivity contribution in [1.29, 1.82) is 0 Å². The van der Waals surface area contributed by atoms with Gasteiger partial charge in [0.05, 0.1) is 51.0 Å². The minimum Gasteiger partial charge on any atom is -0.480 e. The van der Waals surface area contributed by atoms with Crippen molar-refractivity contribution in [2.75, 3.05) is 12.3 Å². The van der Waals surface area contributed by atoms with Crippen LogP contribution >= 0.6 is 0 Å². The number of carbonyl (C=O) groups is 5. The van der Waals surface area contributed by atoms with E-state index >= 15 is 0 Å². The summed E-state index contributed by atoms with van der Waals surface area (Å²) >= 11 is 0. The summed E-state index contributed by atoms with van der Waals surface area (Å²) in [6, 6.07) is 28.3. The molecule has 0 aliphatic heterocycles. The van der Waals surface area contributed by atoms with Crippen LogP contribution in [0.5, 0.6) is 0 Å². The second kappa shape index (κ2) is 25.2. The molecule has 0 bridgehead atoms. The molecule has 8 aromatic rings. The second-order valence-corrected chi connectivity index (χ2v) is 16.9. The summed E-state index contributed by atoms with van der Waals surface area (Å²) in [4.78, 5) is 109. The largest absolute Gasteiger partial charge is 0.480 e. The van der Waals surface area contributed by atoms with Gasteiger partial charge in [0, 0.05) is 18.5 Å².